The standard InChI is InChI=1S/C20H20ClN3O3/c1-11-9-15(19-22-14(4)27-24-19)5-7-17(11)23-20(25)13(3)26-18-8-6-16(21)10-12(18)2/h5-10,13H,1-4H3,(H,23,25)/t13-/m0/s1. The summed E-state index contributed by atoms with van der Waals surface area (Å²) < 4.78 is 10.8. The normalized spacial score (nSPS) is 11.9. The molecule has 1 aromatic heterocycles. The van der Waals surface area contributed by atoms with Crippen LogP contribution in [0.2, 0.25) is 5.02 Å². The molecule has 1 N–H and O–H groups in total. The van der Waals surface area contributed by atoms with E-state index in [1.165, 1.54) is 0 Å². The van der Waals surface area contributed by atoms with Gasteiger partial charge in [0.15, 0.2) is 6.10 Å². The monoisotopic (exact) mass is 385 g/mol. The number of aryl methyl sites for hydroxylation is 3. The van der Waals surface area contributed by atoms with Gasteiger partial charge in [0.1, 0.15) is 5.75 Å². The van der Waals surface area contributed by atoms with Gasteiger partial charge in [0.25, 0.3) is 5.91 Å². The molecule has 1 amide bonds. The fourth-order valence-corrected chi connectivity index (χ4v) is 2.81. The van der Waals surface area contributed by atoms with E-state index in [4.69, 9.17) is 20.9 Å². The third-order valence-corrected chi connectivity index (χ3v) is 4.32. The molecule has 0 fully saturated rings. The number of anilines is 1. The van der Waals surface area contributed by atoms with Crippen molar-refractivity contribution in [2.75, 3.05) is 5.32 Å². The molecule has 2 aromatic carbocycles. The highest BCUT2D eigenvalue weighted by molar-refractivity contribution is 6.30. The van der Waals surface area contributed by atoms with E-state index < -0.39 is 6.10 Å². The Kier molecular flexibility index (Phi) is 5.46. The Morgan fingerprint density at radius 2 is 1.93 bits per heavy atom. The lowest BCUT2D eigenvalue weighted by atomic mass is 10.1. The Hall–Kier alpha value is -2.86. The molecule has 1 atom stereocenters. The van der Waals surface area contributed by atoms with Crippen LogP contribution in [0.5, 0.6) is 5.75 Å². The number of hydrogen-bond donors (Lipinski definition) is 1. The van der Waals surface area contributed by atoms with E-state index in [1.54, 1.807) is 32.0 Å². The summed E-state index contributed by atoms with van der Waals surface area (Å²) in [4.78, 5) is 16.7. The molecular formula is C20H20ClN3O3. The number of aromatic nitrogens is 2. The molecular weight excluding hydrogens is 366 g/mol. The number of amides is 1. The van der Waals surface area contributed by atoms with Gasteiger partial charge in [0.05, 0.1) is 0 Å². The second-order valence-electron chi connectivity index (χ2n) is 6.33. The minimum atomic E-state index is -0.663. The first kappa shape index (κ1) is 18.9. The molecule has 0 aliphatic rings. The Balaban J connectivity index is 1.69. The summed E-state index contributed by atoms with van der Waals surface area (Å²) in [6.45, 7) is 7.23. The fourth-order valence-electron chi connectivity index (χ4n) is 2.58. The number of rotatable bonds is 5. The highest BCUT2D eigenvalue weighted by Gasteiger charge is 2.17. The average molecular weight is 386 g/mol. The van der Waals surface area contributed by atoms with E-state index in [-0.39, 0.29) is 5.91 Å². The molecule has 6 nitrogen and oxygen atoms in total. The zero-order chi connectivity index (χ0) is 19.6. The third-order valence-electron chi connectivity index (χ3n) is 4.08. The lowest BCUT2D eigenvalue weighted by Gasteiger charge is -2.17. The lowest BCUT2D eigenvalue weighted by molar-refractivity contribution is -0.122. The van der Waals surface area contributed by atoms with Crippen molar-refractivity contribution in [2.24, 2.45) is 0 Å². The van der Waals surface area contributed by atoms with Crippen LogP contribution in [0.4, 0.5) is 5.69 Å². The maximum atomic E-state index is 12.5. The summed E-state index contributed by atoms with van der Waals surface area (Å²) >= 11 is 5.95. The van der Waals surface area contributed by atoms with Gasteiger partial charge in [-0.15, -0.1) is 0 Å². The molecule has 0 saturated heterocycles. The SMILES string of the molecule is Cc1nc(-c2ccc(NC(=O)[C@H](C)Oc3ccc(Cl)cc3C)c(C)c2)no1. The van der Waals surface area contributed by atoms with Crippen molar-refractivity contribution in [3.8, 4) is 17.1 Å². The van der Waals surface area contributed by atoms with Gasteiger partial charge in [-0.1, -0.05) is 16.8 Å². The zero-order valence-electron chi connectivity index (χ0n) is 15.5. The predicted molar refractivity (Wildman–Crippen MR) is 104 cm³/mol. The molecule has 0 radical (unpaired) electrons. The molecule has 0 aliphatic heterocycles. The van der Waals surface area contributed by atoms with E-state index in [0.29, 0.717) is 28.2 Å². The topological polar surface area (TPSA) is 77.2 Å². The number of carbonyl (C=O) groups excluding carboxylic acids is 1. The maximum Gasteiger partial charge on any atom is 0.265 e. The molecule has 0 spiro atoms. The van der Waals surface area contributed by atoms with Crippen LogP contribution in [0.15, 0.2) is 40.9 Å². The summed E-state index contributed by atoms with van der Waals surface area (Å²) in [7, 11) is 0. The summed E-state index contributed by atoms with van der Waals surface area (Å²) in [5.41, 5.74) is 3.28. The molecule has 0 unspecified atom stereocenters. The summed E-state index contributed by atoms with van der Waals surface area (Å²) in [6, 6.07) is 10.8. The fraction of sp³-hybridized carbons (Fsp3) is 0.250. The van der Waals surface area contributed by atoms with Crippen molar-refractivity contribution in [1.29, 1.82) is 0 Å². The van der Waals surface area contributed by atoms with Gasteiger partial charge >= 0.3 is 0 Å². The van der Waals surface area contributed by atoms with Crippen molar-refractivity contribution in [3.05, 3.63) is 58.4 Å². The molecule has 140 valence electrons. The largest absolute Gasteiger partial charge is 0.481 e. The van der Waals surface area contributed by atoms with E-state index in [0.717, 1.165) is 16.7 Å². The highest BCUT2D eigenvalue weighted by atomic mass is 35.5. The number of halogens is 1. The van der Waals surface area contributed by atoms with Gasteiger partial charge in [-0.2, -0.15) is 4.98 Å². The van der Waals surface area contributed by atoms with Crippen LogP contribution in [0, 0.1) is 20.8 Å². The van der Waals surface area contributed by atoms with Gasteiger partial charge in [-0.3, -0.25) is 4.79 Å². The lowest BCUT2D eigenvalue weighted by Crippen LogP contribution is -2.30. The van der Waals surface area contributed by atoms with Crippen molar-refractivity contribution >= 4 is 23.2 Å². The summed E-state index contributed by atoms with van der Waals surface area (Å²) in [5, 5.41) is 7.42. The molecule has 0 aliphatic carbocycles. The molecule has 3 rings (SSSR count). The van der Waals surface area contributed by atoms with Crippen LogP contribution in [-0.4, -0.2) is 22.2 Å². The number of carbonyl (C=O) groups is 1. The number of nitrogens with zero attached hydrogens (tertiary/aromatic N) is 2. The Labute approximate surface area is 162 Å². The van der Waals surface area contributed by atoms with Crippen molar-refractivity contribution in [1.82, 2.24) is 10.1 Å². The number of nitrogens with one attached hydrogen (secondary N) is 1. The number of hydrogen-bond acceptors (Lipinski definition) is 5. The van der Waals surface area contributed by atoms with Gasteiger partial charge in [0, 0.05) is 23.2 Å². The van der Waals surface area contributed by atoms with Crippen molar-refractivity contribution < 1.29 is 14.1 Å². The minimum Gasteiger partial charge on any atom is -0.481 e. The molecule has 0 bridgehead atoms. The van der Waals surface area contributed by atoms with Crippen molar-refractivity contribution in [3.63, 3.8) is 0 Å². The van der Waals surface area contributed by atoms with Crippen LogP contribution in [0.3, 0.4) is 0 Å². The summed E-state index contributed by atoms with van der Waals surface area (Å²) in [6.07, 6.45) is -0.663. The highest BCUT2D eigenvalue weighted by Crippen LogP contribution is 2.25. The zero-order valence-corrected chi connectivity index (χ0v) is 16.3. The second-order valence-corrected chi connectivity index (χ2v) is 6.76. The number of benzene rings is 2. The second kappa shape index (κ2) is 7.80. The number of ether oxygens (including phenoxy) is 1. The Bertz CT molecular complexity index is 984. The van der Waals surface area contributed by atoms with E-state index in [2.05, 4.69) is 15.5 Å². The van der Waals surface area contributed by atoms with Crippen LogP contribution in [0.1, 0.15) is 23.9 Å². The first-order valence-electron chi connectivity index (χ1n) is 8.48. The van der Waals surface area contributed by atoms with E-state index >= 15 is 0 Å². The molecule has 0 saturated carbocycles. The van der Waals surface area contributed by atoms with Crippen LogP contribution in [0.25, 0.3) is 11.4 Å². The third kappa shape index (κ3) is 4.46. The predicted octanol–water partition coefficient (Wildman–Crippen LogP) is 4.72. The Morgan fingerprint density at radius 1 is 1.15 bits per heavy atom. The minimum absolute atomic E-state index is 0.240. The smallest absolute Gasteiger partial charge is 0.265 e. The van der Waals surface area contributed by atoms with Gasteiger partial charge in [-0.05, 0) is 68.3 Å². The summed E-state index contributed by atoms with van der Waals surface area (Å²) in [5.74, 6) is 1.41. The van der Waals surface area contributed by atoms with Crippen LogP contribution in [-0.2, 0) is 4.79 Å². The van der Waals surface area contributed by atoms with Crippen LogP contribution >= 0.6 is 11.6 Å². The first-order chi connectivity index (χ1) is 12.8. The Morgan fingerprint density at radius 3 is 2.56 bits per heavy atom. The quantitative estimate of drug-likeness (QED) is 0.687. The average Bonchev–Trinajstić information content (AvgIpc) is 3.05. The molecule has 3 aromatic rings. The van der Waals surface area contributed by atoms with Crippen molar-refractivity contribution in [2.45, 2.75) is 33.8 Å². The van der Waals surface area contributed by atoms with E-state index in [9.17, 15) is 4.79 Å². The first-order valence-corrected chi connectivity index (χ1v) is 8.86. The van der Waals surface area contributed by atoms with Gasteiger partial charge in [-0.25, -0.2) is 0 Å². The molecule has 1 heterocycles. The van der Waals surface area contributed by atoms with Gasteiger partial charge < -0.3 is 14.6 Å². The molecule has 27 heavy (non-hydrogen) atoms. The maximum absolute atomic E-state index is 12.5. The molecule has 7 heteroatoms. The van der Waals surface area contributed by atoms with E-state index in [1.807, 2.05) is 32.0 Å². The van der Waals surface area contributed by atoms with Crippen LogP contribution < -0.4 is 10.1 Å². The van der Waals surface area contributed by atoms with Gasteiger partial charge in [0.2, 0.25) is 11.7 Å².